The highest BCUT2D eigenvalue weighted by Gasteiger charge is 2.30. The van der Waals surface area contributed by atoms with Crippen molar-refractivity contribution in [3.63, 3.8) is 0 Å². The molecule has 0 saturated heterocycles. The molecule has 1 N–H and O–H groups in total. The molecule has 1 aliphatic rings. The number of rotatable bonds is 4. The molecular weight excluding hydrogens is 222 g/mol. The molecule has 0 aromatic heterocycles. The Morgan fingerprint density at radius 2 is 2.06 bits per heavy atom. The lowest BCUT2D eigenvalue weighted by molar-refractivity contribution is 0.0147. The fourth-order valence-electron chi connectivity index (χ4n) is 2.16. The third-order valence-corrected chi connectivity index (χ3v) is 3.63. The van der Waals surface area contributed by atoms with Gasteiger partial charge in [-0.15, -0.1) is 0 Å². The van der Waals surface area contributed by atoms with Gasteiger partial charge in [0.1, 0.15) is 0 Å². The summed E-state index contributed by atoms with van der Waals surface area (Å²) >= 11 is 6.16. The maximum absolute atomic E-state index is 6.16. The van der Waals surface area contributed by atoms with Crippen molar-refractivity contribution in [1.82, 2.24) is 5.32 Å². The van der Waals surface area contributed by atoms with Crippen molar-refractivity contribution in [2.24, 2.45) is 0 Å². The number of hydrogen-bond donors (Lipinski definition) is 1. The number of benzene rings is 1. The summed E-state index contributed by atoms with van der Waals surface area (Å²) in [4.78, 5) is 0. The van der Waals surface area contributed by atoms with E-state index >= 15 is 0 Å². The molecule has 0 radical (unpaired) electrons. The molecule has 2 nitrogen and oxygen atoms in total. The van der Waals surface area contributed by atoms with Crippen LogP contribution < -0.4 is 5.32 Å². The lowest BCUT2D eigenvalue weighted by Gasteiger charge is -2.37. The molecule has 0 bridgehead atoms. The topological polar surface area (TPSA) is 21.3 Å². The van der Waals surface area contributed by atoms with Crippen LogP contribution in [0.5, 0.6) is 0 Å². The molecule has 0 heterocycles. The zero-order valence-corrected chi connectivity index (χ0v) is 10.5. The molecule has 3 heteroatoms. The summed E-state index contributed by atoms with van der Waals surface area (Å²) in [6, 6.07) is 8.87. The van der Waals surface area contributed by atoms with Crippen molar-refractivity contribution in [3.05, 3.63) is 34.9 Å². The van der Waals surface area contributed by atoms with E-state index in [1.54, 1.807) is 7.11 Å². The highest BCUT2D eigenvalue weighted by molar-refractivity contribution is 6.31. The predicted molar refractivity (Wildman–Crippen MR) is 66.8 cm³/mol. The van der Waals surface area contributed by atoms with E-state index in [2.05, 4.69) is 18.3 Å². The van der Waals surface area contributed by atoms with E-state index in [0.29, 0.717) is 18.2 Å². The van der Waals surface area contributed by atoms with Gasteiger partial charge in [0.25, 0.3) is 0 Å². The zero-order valence-electron chi connectivity index (χ0n) is 9.74. The molecule has 88 valence electrons. The summed E-state index contributed by atoms with van der Waals surface area (Å²) in [6.45, 7) is 2.15. The second-order valence-corrected chi connectivity index (χ2v) is 4.84. The SMILES string of the molecule is COC1CC(N[C@@H](C)c2ccccc2Cl)C1. The maximum atomic E-state index is 6.16. The first kappa shape index (κ1) is 11.9. The third-order valence-electron chi connectivity index (χ3n) is 3.29. The van der Waals surface area contributed by atoms with Gasteiger partial charge in [-0.3, -0.25) is 0 Å². The molecule has 0 spiro atoms. The van der Waals surface area contributed by atoms with Crippen molar-refractivity contribution < 1.29 is 4.74 Å². The van der Waals surface area contributed by atoms with Crippen LogP contribution in [-0.4, -0.2) is 19.3 Å². The number of halogens is 1. The molecule has 0 unspecified atom stereocenters. The minimum atomic E-state index is 0.302. The van der Waals surface area contributed by atoms with Gasteiger partial charge in [-0.05, 0) is 31.4 Å². The Kier molecular flexibility index (Phi) is 3.85. The van der Waals surface area contributed by atoms with E-state index in [1.165, 1.54) is 5.56 Å². The number of ether oxygens (including phenoxy) is 1. The minimum absolute atomic E-state index is 0.302. The molecule has 16 heavy (non-hydrogen) atoms. The van der Waals surface area contributed by atoms with Crippen LogP contribution in [0.4, 0.5) is 0 Å². The Labute approximate surface area is 102 Å². The van der Waals surface area contributed by atoms with E-state index < -0.39 is 0 Å². The molecule has 1 fully saturated rings. The van der Waals surface area contributed by atoms with E-state index in [-0.39, 0.29) is 0 Å². The normalized spacial score (nSPS) is 26.2. The molecule has 2 rings (SSSR count). The summed E-state index contributed by atoms with van der Waals surface area (Å²) in [5.74, 6) is 0. The second-order valence-electron chi connectivity index (χ2n) is 4.44. The predicted octanol–water partition coefficient (Wildman–Crippen LogP) is 3.17. The summed E-state index contributed by atoms with van der Waals surface area (Å²) in [6.07, 6.45) is 2.65. The lowest BCUT2D eigenvalue weighted by Crippen LogP contribution is -2.45. The number of hydrogen-bond acceptors (Lipinski definition) is 2. The molecular formula is C13H18ClNO. The van der Waals surface area contributed by atoms with E-state index in [0.717, 1.165) is 17.9 Å². The minimum Gasteiger partial charge on any atom is -0.381 e. The fraction of sp³-hybridized carbons (Fsp3) is 0.538. The molecule has 1 saturated carbocycles. The fourth-order valence-corrected chi connectivity index (χ4v) is 2.46. The first-order valence-corrected chi connectivity index (χ1v) is 6.11. The summed E-state index contributed by atoms with van der Waals surface area (Å²) < 4.78 is 5.26. The van der Waals surface area contributed by atoms with E-state index in [9.17, 15) is 0 Å². The van der Waals surface area contributed by atoms with Crippen molar-refractivity contribution in [2.75, 3.05) is 7.11 Å². The standard InChI is InChI=1S/C13H18ClNO/c1-9(12-5-3-4-6-13(12)14)15-10-7-11(8-10)16-2/h3-6,9-11,15H,7-8H2,1-2H3/t9-,10?,11?/m0/s1. The number of methoxy groups -OCH3 is 1. The van der Waals surface area contributed by atoms with Crippen LogP contribution in [0.3, 0.4) is 0 Å². The zero-order chi connectivity index (χ0) is 11.5. The number of nitrogens with one attached hydrogen (secondary N) is 1. The Hall–Kier alpha value is -0.570. The summed E-state index contributed by atoms with van der Waals surface area (Å²) in [7, 11) is 1.78. The molecule has 1 aromatic rings. The van der Waals surface area contributed by atoms with Gasteiger partial charge in [0.15, 0.2) is 0 Å². The van der Waals surface area contributed by atoms with Crippen molar-refractivity contribution in [1.29, 1.82) is 0 Å². The third kappa shape index (κ3) is 2.57. The Balaban J connectivity index is 1.89. The van der Waals surface area contributed by atoms with Crippen LogP contribution in [-0.2, 0) is 4.74 Å². The molecule has 1 atom stereocenters. The first-order chi connectivity index (χ1) is 7.70. The van der Waals surface area contributed by atoms with Gasteiger partial charge in [-0.1, -0.05) is 29.8 Å². The average Bonchev–Trinajstić information content (AvgIpc) is 2.23. The van der Waals surface area contributed by atoms with Gasteiger partial charge in [0, 0.05) is 24.2 Å². The molecule has 1 aromatic carbocycles. The maximum Gasteiger partial charge on any atom is 0.0601 e. The molecule has 0 aliphatic heterocycles. The summed E-state index contributed by atoms with van der Waals surface area (Å²) in [5, 5.41) is 4.41. The highest BCUT2D eigenvalue weighted by Crippen LogP contribution is 2.28. The van der Waals surface area contributed by atoms with Crippen molar-refractivity contribution in [3.8, 4) is 0 Å². The summed E-state index contributed by atoms with van der Waals surface area (Å²) in [5.41, 5.74) is 1.17. The second kappa shape index (κ2) is 5.17. The highest BCUT2D eigenvalue weighted by atomic mass is 35.5. The van der Waals surface area contributed by atoms with Gasteiger partial charge in [0.05, 0.1) is 6.10 Å². The quantitative estimate of drug-likeness (QED) is 0.872. The smallest absolute Gasteiger partial charge is 0.0601 e. The average molecular weight is 240 g/mol. The van der Waals surface area contributed by atoms with Crippen LogP contribution >= 0.6 is 11.6 Å². The van der Waals surface area contributed by atoms with Gasteiger partial charge in [0.2, 0.25) is 0 Å². The largest absolute Gasteiger partial charge is 0.381 e. The van der Waals surface area contributed by atoms with Crippen LogP contribution in [0.15, 0.2) is 24.3 Å². The van der Waals surface area contributed by atoms with E-state index in [4.69, 9.17) is 16.3 Å². The van der Waals surface area contributed by atoms with Crippen LogP contribution in [0.25, 0.3) is 0 Å². The first-order valence-electron chi connectivity index (χ1n) is 5.74. The van der Waals surface area contributed by atoms with Crippen molar-refractivity contribution in [2.45, 2.75) is 38.0 Å². The van der Waals surface area contributed by atoms with Crippen LogP contribution in [0.2, 0.25) is 5.02 Å². The van der Waals surface area contributed by atoms with Gasteiger partial charge < -0.3 is 10.1 Å². The Bertz CT molecular complexity index is 350. The van der Waals surface area contributed by atoms with Crippen molar-refractivity contribution >= 4 is 11.6 Å². The van der Waals surface area contributed by atoms with Gasteiger partial charge >= 0.3 is 0 Å². The van der Waals surface area contributed by atoms with Crippen LogP contribution in [0, 0.1) is 0 Å². The van der Waals surface area contributed by atoms with Gasteiger partial charge in [-0.25, -0.2) is 0 Å². The van der Waals surface area contributed by atoms with Crippen LogP contribution in [0.1, 0.15) is 31.4 Å². The van der Waals surface area contributed by atoms with Gasteiger partial charge in [-0.2, -0.15) is 0 Å². The Morgan fingerprint density at radius 3 is 2.69 bits per heavy atom. The molecule has 1 aliphatic carbocycles. The Morgan fingerprint density at radius 1 is 1.38 bits per heavy atom. The molecule has 0 amide bonds. The lowest BCUT2D eigenvalue weighted by atomic mass is 9.88. The van der Waals surface area contributed by atoms with E-state index in [1.807, 2.05) is 18.2 Å². The monoisotopic (exact) mass is 239 g/mol.